The summed E-state index contributed by atoms with van der Waals surface area (Å²) >= 11 is 0. The molecule has 0 saturated carbocycles. The predicted molar refractivity (Wildman–Crippen MR) is 125 cm³/mol. The lowest BCUT2D eigenvalue weighted by Crippen LogP contribution is -2.38. The van der Waals surface area contributed by atoms with Gasteiger partial charge >= 0.3 is 0 Å². The second-order valence-corrected chi connectivity index (χ2v) is 8.99. The largest absolute Gasteiger partial charge is 0.443 e. The Morgan fingerprint density at radius 3 is 2.38 bits per heavy atom. The molecule has 0 aliphatic rings. The van der Waals surface area contributed by atoms with Gasteiger partial charge in [-0.15, -0.1) is 24.0 Å². The van der Waals surface area contributed by atoms with Crippen molar-refractivity contribution in [1.82, 2.24) is 15.6 Å². The van der Waals surface area contributed by atoms with E-state index in [0.717, 1.165) is 17.9 Å². The average molecular weight is 535 g/mol. The molecule has 0 aliphatic carbocycles. The predicted octanol–water partition coefficient (Wildman–Crippen LogP) is 2.54. The molecule has 4 N–H and O–H groups in total. The second kappa shape index (κ2) is 10.9. The van der Waals surface area contributed by atoms with E-state index in [0.29, 0.717) is 31.4 Å². The highest BCUT2D eigenvalue weighted by atomic mass is 127. The van der Waals surface area contributed by atoms with Gasteiger partial charge in [0.05, 0.1) is 11.1 Å². The molecule has 1 aromatic heterocycles. The fraction of sp³-hybridized carbons (Fsp3) is 0.474. The van der Waals surface area contributed by atoms with Crippen LogP contribution in [0.3, 0.4) is 0 Å². The highest BCUT2D eigenvalue weighted by molar-refractivity contribution is 14.0. The number of hydrogen-bond donors (Lipinski definition) is 3. The van der Waals surface area contributed by atoms with Crippen LogP contribution < -0.4 is 15.8 Å². The molecular weight excluding hydrogens is 505 g/mol. The third-order valence-corrected chi connectivity index (χ3v) is 4.90. The highest BCUT2D eigenvalue weighted by Gasteiger charge is 2.19. The average Bonchev–Trinajstić information content (AvgIpc) is 3.09. The van der Waals surface area contributed by atoms with E-state index in [1.54, 1.807) is 18.3 Å². The van der Waals surface area contributed by atoms with E-state index in [-0.39, 0.29) is 34.3 Å². The molecule has 0 saturated heterocycles. The number of sulfonamides is 1. The van der Waals surface area contributed by atoms with Crippen molar-refractivity contribution in [2.75, 3.05) is 13.1 Å². The van der Waals surface area contributed by atoms with Crippen LogP contribution in [-0.2, 0) is 28.4 Å². The molecule has 0 atom stereocenters. The van der Waals surface area contributed by atoms with Crippen LogP contribution in [0.15, 0.2) is 44.8 Å². The summed E-state index contributed by atoms with van der Waals surface area (Å²) < 4.78 is 28.3. The Kier molecular flexibility index (Phi) is 9.56. The summed E-state index contributed by atoms with van der Waals surface area (Å²) in [5.74, 6) is 2.07. The van der Waals surface area contributed by atoms with E-state index in [2.05, 4.69) is 41.4 Å². The summed E-state index contributed by atoms with van der Waals surface area (Å²) in [4.78, 5) is 8.89. The number of halogens is 1. The molecule has 10 heteroatoms. The van der Waals surface area contributed by atoms with Crippen molar-refractivity contribution in [2.24, 2.45) is 10.1 Å². The second-order valence-electron chi connectivity index (χ2n) is 7.43. The van der Waals surface area contributed by atoms with Crippen LogP contribution in [0.4, 0.5) is 0 Å². The van der Waals surface area contributed by atoms with Gasteiger partial charge in [-0.1, -0.05) is 32.9 Å². The van der Waals surface area contributed by atoms with Gasteiger partial charge in [0.1, 0.15) is 12.3 Å². The number of benzene rings is 1. The molecule has 2 rings (SSSR count). The first-order chi connectivity index (χ1) is 13.1. The van der Waals surface area contributed by atoms with Gasteiger partial charge in [0.15, 0.2) is 5.96 Å². The first kappa shape index (κ1) is 25.4. The van der Waals surface area contributed by atoms with Crippen LogP contribution in [0.5, 0.6) is 0 Å². The van der Waals surface area contributed by atoms with Crippen molar-refractivity contribution in [1.29, 1.82) is 0 Å². The lowest BCUT2D eigenvalue weighted by molar-refractivity contribution is 0.383. The van der Waals surface area contributed by atoms with Crippen LogP contribution >= 0.6 is 24.0 Å². The molecule has 0 radical (unpaired) electrons. The Morgan fingerprint density at radius 2 is 1.86 bits per heavy atom. The number of aliphatic imine (C=N–C) groups is 1. The molecule has 1 heterocycles. The zero-order valence-electron chi connectivity index (χ0n) is 17.2. The zero-order valence-corrected chi connectivity index (χ0v) is 20.4. The number of rotatable bonds is 7. The molecule has 2 aromatic rings. The lowest BCUT2D eigenvalue weighted by Gasteiger charge is -2.13. The summed E-state index contributed by atoms with van der Waals surface area (Å²) in [6.07, 6.45) is 2.46. The SMILES string of the molecule is CCNC(=NCc1ncc(C(C)(C)C)o1)NCCc1ccc(S(N)(=O)=O)cc1.I. The molecule has 0 amide bonds. The first-order valence-electron chi connectivity index (χ1n) is 9.18. The van der Waals surface area contributed by atoms with Gasteiger partial charge in [-0.2, -0.15) is 0 Å². The summed E-state index contributed by atoms with van der Waals surface area (Å²) in [5.41, 5.74) is 0.912. The Hall–Kier alpha value is -1.66. The maximum absolute atomic E-state index is 11.3. The van der Waals surface area contributed by atoms with E-state index in [9.17, 15) is 8.42 Å². The van der Waals surface area contributed by atoms with Gasteiger partial charge < -0.3 is 15.1 Å². The van der Waals surface area contributed by atoms with Crippen molar-refractivity contribution in [3.8, 4) is 0 Å². The molecule has 0 spiro atoms. The Balaban J connectivity index is 0.00000420. The van der Waals surface area contributed by atoms with Crippen molar-refractivity contribution < 1.29 is 12.8 Å². The van der Waals surface area contributed by atoms with Crippen molar-refractivity contribution >= 4 is 40.0 Å². The van der Waals surface area contributed by atoms with Gasteiger partial charge in [0.2, 0.25) is 15.9 Å². The number of nitrogens with two attached hydrogens (primary N) is 1. The molecule has 162 valence electrons. The number of guanidine groups is 1. The van der Waals surface area contributed by atoms with E-state index in [1.165, 1.54) is 12.1 Å². The van der Waals surface area contributed by atoms with Crippen LogP contribution in [-0.4, -0.2) is 32.5 Å². The number of nitrogens with one attached hydrogen (secondary N) is 2. The van der Waals surface area contributed by atoms with Gasteiger partial charge in [-0.25, -0.2) is 23.5 Å². The van der Waals surface area contributed by atoms with Gasteiger partial charge in [0, 0.05) is 18.5 Å². The molecule has 29 heavy (non-hydrogen) atoms. The first-order valence-corrected chi connectivity index (χ1v) is 10.7. The Labute approximate surface area is 189 Å². The van der Waals surface area contributed by atoms with Crippen molar-refractivity contribution in [2.45, 2.75) is 51.0 Å². The molecule has 1 aromatic carbocycles. The monoisotopic (exact) mass is 535 g/mol. The Morgan fingerprint density at radius 1 is 1.21 bits per heavy atom. The fourth-order valence-electron chi connectivity index (χ4n) is 2.39. The fourth-order valence-corrected chi connectivity index (χ4v) is 2.91. The quantitative estimate of drug-likeness (QED) is 0.285. The summed E-state index contributed by atoms with van der Waals surface area (Å²) in [6, 6.07) is 6.54. The molecule has 0 aliphatic heterocycles. The molecule has 0 unspecified atom stereocenters. The minimum Gasteiger partial charge on any atom is -0.443 e. The molecular formula is C19H30IN5O3S. The number of hydrogen-bond acceptors (Lipinski definition) is 5. The van der Waals surface area contributed by atoms with Crippen molar-refractivity contribution in [3.05, 3.63) is 47.7 Å². The number of oxazole rings is 1. The third kappa shape index (κ3) is 8.31. The van der Waals surface area contributed by atoms with E-state index < -0.39 is 10.0 Å². The highest BCUT2D eigenvalue weighted by Crippen LogP contribution is 2.22. The van der Waals surface area contributed by atoms with E-state index in [1.807, 2.05) is 6.92 Å². The maximum atomic E-state index is 11.3. The van der Waals surface area contributed by atoms with E-state index >= 15 is 0 Å². The summed E-state index contributed by atoms with van der Waals surface area (Å²) in [7, 11) is -3.66. The van der Waals surface area contributed by atoms with Gasteiger partial charge in [-0.05, 0) is 31.0 Å². The normalized spacial score (nSPS) is 12.4. The van der Waals surface area contributed by atoms with Crippen LogP contribution in [0.25, 0.3) is 0 Å². The van der Waals surface area contributed by atoms with Gasteiger partial charge in [-0.3, -0.25) is 0 Å². The Bertz CT molecular complexity index is 903. The van der Waals surface area contributed by atoms with E-state index in [4.69, 9.17) is 9.56 Å². The van der Waals surface area contributed by atoms with Crippen molar-refractivity contribution in [3.63, 3.8) is 0 Å². The number of nitrogens with zero attached hydrogens (tertiary/aromatic N) is 2. The number of primary sulfonamides is 1. The smallest absolute Gasteiger partial charge is 0.238 e. The number of aromatic nitrogens is 1. The summed E-state index contributed by atoms with van der Waals surface area (Å²) in [5, 5.41) is 11.5. The molecule has 0 bridgehead atoms. The summed E-state index contributed by atoms with van der Waals surface area (Å²) in [6.45, 7) is 9.92. The van der Waals surface area contributed by atoms with Gasteiger partial charge in [0.25, 0.3) is 0 Å². The van der Waals surface area contributed by atoms with Crippen LogP contribution in [0.2, 0.25) is 0 Å². The van der Waals surface area contributed by atoms with Crippen LogP contribution in [0, 0.1) is 0 Å². The standard InChI is InChI=1S/C19H29N5O3S.HI/c1-5-21-18(24-13-17-23-12-16(27-17)19(2,3)4)22-11-10-14-6-8-15(9-7-14)28(20,25)26;/h6-9,12H,5,10-11,13H2,1-4H3,(H2,20,25,26)(H2,21,22,24);1H. The maximum Gasteiger partial charge on any atom is 0.238 e. The van der Waals surface area contributed by atoms with Crippen LogP contribution in [0.1, 0.15) is 44.9 Å². The zero-order chi connectivity index (χ0) is 20.8. The minimum atomic E-state index is -3.66. The molecule has 8 nitrogen and oxygen atoms in total. The topological polar surface area (TPSA) is 123 Å². The molecule has 0 fully saturated rings. The third-order valence-electron chi connectivity index (χ3n) is 3.97. The minimum absolute atomic E-state index is 0. The lowest BCUT2D eigenvalue weighted by atomic mass is 9.94.